The summed E-state index contributed by atoms with van der Waals surface area (Å²) in [7, 11) is 0. The maximum atomic E-state index is 11.3. The highest BCUT2D eigenvalue weighted by Crippen LogP contribution is 2.62. The van der Waals surface area contributed by atoms with Gasteiger partial charge in [-0.15, -0.1) is 0 Å². The molecule has 86 valence electrons. The Kier molecular flexibility index (Phi) is 2.94. The lowest BCUT2D eigenvalue weighted by atomic mass is 9.84. The SMILES string of the molecule is CC(=O)OC(=O)CC1(C)CC1C(C)(C)C. The molecule has 1 fully saturated rings. The number of hydrogen-bond donors (Lipinski definition) is 0. The van der Waals surface area contributed by atoms with E-state index >= 15 is 0 Å². The molecule has 0 aromatic carbocycles. The van der Waals surface area contributed by atoms with E-state index in [0.717, 1.165) is 6.42 Å². The summed E-state index contributed by atoms with van der Waals surface area (Å²) < 4.78 is 4.55. The van der Waals surface area contributed by atoms with Crippen molar-refractivity contribution < 1.29 is 14.3 Å². The van der Waals surface area contributed by atoms with Crippen LogP contribution in [0.25, 0.3) is 0 Å². The van der Waals surface area contributed by atoms with Crippen LogP contribution in [-0.4, -0.2) is 11.9 Å². The molecule has 0 bridgehead atoms. The second-order valence-electron chi connectivity index (χ2n) is 5.92. The van der Waals surface area contributed by atoms with E-state index in [1.807, 2.05) is 0 Å². The maximum Gasteiger partial charge on any atom is 0.313 e. The van der Waals surface area contributed by atoms with E-state index < -0.39 is 11.9 Å². The van der Waals surface area contributed by atoms with Crippen LogP contribution in [0.4, 0.5) is 0 Å². The van der Waals surface area contributed by atoms with Gasteiger partial charge in [0.25, 0.3) is 0 Å². The normalized spacial score (nSPS) is 29.8. The van der Waals surface area contributed by atoms with Crippen molar-refractivity contribution in [2.75, 3.05) is 0 Å². The summed E-state index contributed by atoms with van der Waals surface area (Å²) in [6.45, 7) is 9.89. The topological polar surface area (TPSA) is 43.4 Å². The second-order valence-corrected chi connectivity index (χ2v) is 5.92. The fourth-order valence-electron chi connectivity index (χ4n) is 2.48. The van der Waals surface area contributed by atoms with Crippen LogP contribution in [0.2, 0.25) is 0 Å². The highest BCUT2D eigenvalue weighted by atomic mass is 16.6. The van der Waals surface area contributed by atoms with Gasteiger partial charge in [-0.1, -0.05) is 27.7 Å². The van der Waals surface area contributed by atoms with Crippen LogP contribution in [0.1, 0.15) is 47.5 Å². The third-order valence-corrected chi connectivity index (χ3v) is 3.20. The van der Waals surface area contributed by atoms with E-state index in [9.17, 15) is 9.59 Å². The van der Waals surface area contributed by atoms with Gasteiger partial charge >= 0.3 is 11.9 Å². The molecule has 0 radical (unpaired) electrons. The Morgan fingerprint density at radius 2 is 1.93 bits per heavy atom. The number of hydrogen-bond acceptors (Lipinski definition) is 3. The maximum absolute atomic E-state index is 11.3. The van der Waals surface area contributed by atoms with Gasteiger partial charge in [-0.05, 0) is 23.2 Å². The summed E-state index contributed by atoms with van der Waals surface area (Å²) in [6, 6.07) is 0. The minimum atomic E-state index is -0.517. The number of rotatable bonds is 2. The standard InChI is InChI=1S/C12H20O3/c1-8(13)15-10(14)7-12(5)6-9(12)11(2,3)4/h9H,6-7H2,1-5H3. The van der Waals surface area contributed by atoms with Crippen LogP contribution in [-0.2, 0) is 14.3 Å². The summed E-state index contributed by atoms with van der Waals surface area (Å²) in [5.41, 5.74) is 0.260. The van der Waals surface area contributed by atoms with E-state index in [1.54, 1.807) is 0 Å². The summed E-state index contributed by atoms with van der Waals surface area (Å²) in [6.07, 6.45) is 1.40. The predicted octanol–water partition coefficient (Wildman–Crippen LogP) is 2.54. The highest BCUT2D eigenvalue weighted by Gasteiger charge is 2.56. The Bertz CT molecular complexity index is 288. The molecule has 0 saturated heterocycles. The largest absolute Gasteiger partial charge is 0.393 e. The van der Waals surface area contributed by atoms with Gasteiger partial charge in [0.05, 0.1) is 6.42 Å². The molecule has 0 N–H and O–H groups in total. The van der Waals surface area contributed by atoms with Crippen LogP contribution in [0.5, 0.6) is 0 Å². The first-order chi connectivity index (χ1) is 6.65. The Balaban J connectivity index is 2.48. The first kappa shape index (κ1) is 12.2. The second kappa shape index (κ2) is 3.62. The quantitative estimate of drug-likeness (QED) is 0.522. The van der Waals surface area contributed by atoms with Crippen molar-refractivity contribution in [3.63, 3.8) is 0 Å². The fraction of sp³-hybridized carbons (Fsp3) is 0.833. The molecule has 3 nitrogen and oxygen atoms in total. The lowest BCUT2D eigenvalue weighted by Crippen LogP contribution is -2.18. The van der Waals surface area contributed by atoms with E-state index in [-0.39, 0.29) is 10.8 Å². The van der Waals surface area contributed by atoms with Gasteiger partial charge in [-0.25, -0.2) is 0 Å². The molecule has 0 spiro atoms. The van der Waals surface area contributed by atoms with Crippen molar-refractivity contribution >= 4 is 11.9 Å². The predicted molar refractivity (Wildman–Crippen MR) is 57.1 cm³/mol. The molecule has 1 rings (SSSR count). The molecule has 2 unspecified atom stereocenters. The third kappa shape index (κ3) is 3.05. The van der Waals surface area contributed by atoms with Gasteiger partial charge in [0.2, 0.25) is 0 Å². The smallest absolute Gasteiger partial charge is 0.313 e. The molecule has 1 aliphatic rings. The Labute approximate surface area is 91.2 Å². The average molecular weight is 212 g/mol. The van der Waals surface area contributed by atoms with Crippen molar-refractivity contribution in [3.8, 4) is 0 Å². The zero-order valence-corrected chi connectivity index (χ0v) is 10.2. The third-order valence-electron chi connectivity index (χ3n) is 3.20. The summed E-state index contributed by atoms with van der Waals surface area (Å²) in [5.74, 6) is -0.363. The minimum Gasteiger partial charge on any atom is -0.393 e. The molecule has 3 heteroatoms. The number of ether oxygens (including phenoxy) is 1. The van der Waals surface area contributed by atoms with E-state index in [0.29, 0.717) is 12.3 Å². The highest BCUT2D eigenvalue weighted by molar-refractivity contribution is 5.84. The van der Waals surface area contributed by atoms with Crippen LogP contribution < -0.4 is 0 Å². The Hall–Kier alpha value is -0.860. The average Bonchev–Trinajstić information content (AvgIpc) is 2.57. The van der Waals surface area contributed by atoms with Gasteiger partial charge < -0.3 is 4.74 Å². The van der Waals surface area contributed by atoms with Crippen molar-refractivity contribution in [1.29, 1.82) is 0 Å². The van der Waals surface area contributed by atoms with Gasteiger partial charge in [0, 0.05) is 6.92 Å². The lowest BCUT2D eigenvalue weighted by Gasteiger charge is -2.21. The molecule has 0 amide bonds. The monoisotopic (exact) mass is 212 g/mol. The minimum absolute atomic E-state index is 0.0325. The van der Waals surface area contributed by atoms with Crippen molar-refractivity contribution in [2.24, 2.45) is 16.7 Å². The van der Waals surface area contributed by atoms with Crippen LogP contribution in [0, 0.1) is 16.7 Å². The lowest BCUT2D eigenvalue weighted by molar-refractivity contribution is -0.158. The Morgan fingerprint density at radius 1 is 1.40 bits per heavy atom. The molecular weight excluding hydrogens is 192 g/mol. The van der Waals surface area contributed by atoms with Crippen molar-refractivity contribution in [1.82, 2.24) is 0 Å². The van der Waals surface area contributed by atoms with E-state index in [2.05, 4.69) is 32.4 Å². The Morgan fingerprint density at radius 3 is 2.27 bits per heavy atom. The molecule has 1 aliphatic carbocycles. The molecule has 0 aromatic heterocycles. The first-order valence-corrected chi connectivity index (χ1v) is 5.36. The van der Waals surface area contributed by atoms with Gasteiger partial charge in [-0.2, -0.15) is 0 Å². The van der Waals surface area contributed by atoms with Gasteiger partial charge in [-0.3, -0.25) is 9.59 Å². The molecule has 0 heterocycles. The van der Waals surface area contributed by atoms with Gasteiger partial charge in [0.1, 0.15) is 0 Å². The van der Waals surface area contributed by atoms with Crippen LogP contribution in [0.3, 0.4) is 0 Å². The zero-order chi connectivity index (χ0) is 11.9. The first-order valence-electron chi connectivity index (χ1n) is 5.36. The van der Waals surface area contributed by atoms with E-state index in [4.69, 9.17) is 0 Å². The molecule has 0 aliphatic heterocycles. The van der Waals surface area contributed by atoms with Crippen LogP contribution in [0.15, 0.2) is 0 Å². The summed E-state index contributed by atoms with van der Waals surface area (Å²) in [5, 5.41) is 0. The number of carbonyl (C=O) groups excluding carboxylic acids is 2. The molecule has 2 atom stereocenters. The van der Waals surface area contributed by atoms with Crippen molar-refractivity contribution in [3.05, 3.63) is 0 Å². The summed E-state index contributed by atoms with van der Waals surface area (Å²) >= 11 is 0. The molecular formula is C12H20O3. The fourth-order valence-corrected chi connectivity index (χ4v) is 2.48. The van der Waals surface area contributed by atoms with Crippen LogP contribution >= 0.6 is 0 Å². The molecule has 15 heavy (non-hydrogen) atoms. The number of carbonyl (C=O) groups is 2. The van der Waals surface area contributed by atoms with E-state index in [1.165, 1.54) is 6.92 Å². The van der Waals surface area contributed by atoms with Gasteiger partial charge in [0.15, 0.2) is 0 Å². The molecule has 1 saturated carbocycles. The summed E-state index contributed by atoms with van der Waals surface area (Å²) in [4.78, 5) is 21.9. The van der Waals surface area contributed by atoms with Crippen molar-refractivity contribution in [2.45, 2.75) is 47.5 Å². The zero-order valence-electron chi connectivity index (χ0n) is 10.2. The number of esters is 2. The molecule has 0 aromatic rings.